The third-order valence-electron chi connectivity index (χ3n) is 17.4. The lowest BCUT2D eigenvalue weighted by molar-refractivity contribution is -0.223. The van der Waals surface area contributed by atoms with E-state index in [0.717, 1.165) is 6.08 Å². The van der Waals surface area contributed by atoms with Crippen molar-refractivity contribution in [1.82, 2.24) is 0 Å². The average Bonchev–Trinajstić information content (AvgIpc) is 3.48. The average molecular weight is 803 g/mol. The van der Waals surface area contributed by atoms with Crippen LogP contribution in [0.2, 0.25) is 0 Å². The Hall–Kier alpha value is -2.81. The molecule has 8 aliphatic carbocycles. The lowest BCUT2D eigenvalue weighted by Crippen LogP contribution is -2.70. The van der Waals surface area contributed by atoms with Crippen molar-refractivity contribution in [2.24, 2.45) is 63.1 Å². The van der Waals surface area contributed by atoms with Crippen LogP contribution in [-0.2, 0) is 19.2 Å². The van der Waals surface area contributed by atoms with Gasteiger partial charge in [0.25, 0.3) is 0 Å². The maximum Gasteiger partial charge on any atom is 0.190 e. The topological polar surface area (TPSA) is 190 Å². The van der Waals surface area contributed by atoms with Gasteiger partial charge in [0, 0.05) is 33.5 Å². The molecule has 0 heterocycles. The van der Waals surface area contributed by atoms with Crippen molar-refractivity contribution in [2.45, 2.75) is 121 Å². The smallest absolute Gasteiger partial charge is 0.190 e. The fourth-order valence-corrected chi connectivity index (χ4v) is 14.6. The second kappa shape index (κ2) is 13.3. The summed E-state index contributed by atoms with van der Waals surface area (Å²) in [5, 5.41) is 63.9. The van der Waals surface area contributed by atoms with E-state index in [1.54, 1.807) is 33.8 Å². The molecule has 0 aromatic carbocycles. The summed E-state index contributed by atoms with van der Waals surface area (Å²) < 4.78 is 47.3. The molecule has 0 aromatic rings. The summed E-state index contributed by atoms with van der Waals surface area (Å²) >= 11 is 0. The number of halogens is 3. The minimum absolute atomic E-state index is 0.0409. The Morgan fingerprint density at radius 1 is 0.719 bits per heavy atom. The summed E-state index contributed by atoms with van der Waals surface area (Å²) in [6.07, 6.45) is 3.72. The number of ketones is 4. The molecule has 0 saturated heterocycles. The Labute approximate surface area is 331 Å². The first kappa shape index (κ1) is 42.3. The van der Waals surface area contributed by atoms with E-state index in [9.17, 15) is 49.8 Å². The number of fused-ring (bicyclic) bond motifs is 10. The fraction of sp³-hybridized carbons (Fsp3) is 0.727. The number of hydrogen-bond acceptors (Lipinski definition) is 10. The molecule has 8 aliphatic rings. The second-order valence-corrected chi connectivity index (χ2v) is 19.6. The summed E-state index contributed by atoms with van der Waals surface area (Å²) in [4.78, 5) is 48.7. The minimum atomic E-state index is -2.24. The van der Waals surface area contributed by atoms with Crippen LogP contribution in [0.1, 0.15) is 80.1 Å². The van der Waals surface area contributed by atoms with Crippen molar-refractivity contribution in [3.8, 4) is 0 Å². The summed E-state index contributed by atoms with van der Waals surface area (Å²) in [7, 11) is 0. The van der Waals surface area contributed by atoms with Gasteiger partial charge < -0.3 is 30.6 Å². The zero-order valence-corrected chi connectivity index (χ0v) is 33.4. The Bertz CT molecular complexity index is 1890. The van der Waals surface area contributed by atoms with Crippen LogP contribution in [-0.4, -0.2) is 108 Å². The fourth-order valence-electron chi connectivity index (χ4n) is 14.6. The molecule has 10 nitrogen and oxygen atoms in total. The Morgan fingerprint density at radius 3 is 1.77 bits per heavy atom. The molecule has 8 rings (SSSR count). The summed E-state index contributed by atoms with van der Waals surface area (Å²) in [6, 6.07) is 0. The summed E-state index contributed by atoms with van der Waals surface area (Å²) in [5.41, 5.74) is -9.81. The third-order valence-corrected chi connectivity index (χ3v) is 17.4. The number of hydrogen-bond donors (Lipinski definition) is 6. The molecule has 0 aliphatic heterocycles. The van der Waals surface area contributed by atoms with Crippen molar-refractivity contribution in [3.05, 3.63) is 47.6 Å². The van der Waals surface area contributed by atoms with Gasteiger partial charge in [-0.15, -0.1) is 0 Å². The SMILES string of the molecule is C[C@@H]1C[C@H]2[C@@H]3C[C@H](F)C4=CC(=O)C=C[C@]4(C)[C@H]3[C@@H](O)C[C@]2(C)[C@@]1(O)C(=O)CO.C[C@H]1C[C@H]2[C@@H]3C[C@H](F)C4=CC(=O)C=C[C@]4(C)[C@@]3(F)[C@@H](O)C[C@]2(C)[C@@]1(O)C(=O)CO. The molecular formula is C44H57F3O10. The Kier molecular flexibility index (Phi) is 9.91. The maximum absolute atomic E-state index is 16.9. The Balaban J connectivity index is 0.000000174. The quantitative estimate of drug-likeness (QED) is 0.245. The molecule has 0 spiro atoms. The largest absolute Gasteiger partial charge is 0.393 e. The van der Waals surface area contributed by atoms with E-state index in [1.165, 1.54) is 31.2 Å². The molecule has 0 aromatic heterocycles. The van der Waals surface area contributed by atoms with Gasteiger partial charge in [0.05, 0.1) is 12.2 Å². The van der Waals surface area contributed by atoms with Gasteiger partial charge in [-0.05, 0) is 110 Å². The second-order valence-electron chi connectivity index (χ2n) is 19.6. The monoisotopic (exact) mass is 802 g/mol. The van der Waals surface area contributed by atoms with Gasteiger partial charge >= 0.3 is 0 Å². The lowest BCUT2D eigenvalue weighted by atomic mass is 9.44. The van der Waals surface area contributed by atoms with Gasteiger partial charge in [-0.2, -0.15) is 0 Å². The summed E-state index contributed by atoms with van der Waals surface area (Å²) in [6.45, 7) is 8.68. The highest BCUT2D eigenvalue weighted by Gasteiger charge is 2.77. The van der Waals surface area contributed by atoms with Crippen LogP contribution in [0.3, 0.4) is 0 Å². The highest BCUT2D eigenvalue weighted by Crippen LogP contribution is 2.72. The highest BCUT2D eigenvalue weighted by atomic mass is 19.1. The molecule has 57 heavy (non-hydrogen) atoms. The first-order valence-electron chi connectivity index (χ1n) is 20.3. The van der Waals surface area contributed by atoms with Crippen LogP contribution in [0.25, 0.3) is 0 Å². The number of alkyl halides is 3. The Morgan fingerprint density at radius 2 is 1.21 bits per heavy atom. The van der Waals surface area contributed by atoms with E-state index < -0.39 is 111 Å². The molecular weight excluding hydrogens is 745 g/mol. The molecule has 6 N–H and O–H groups in total. The standard InChI is InChI=1S/C22H28F2O5.C22H29FO5/c1-11-6-13-14-8-16(23)15-7-12(26)4-5-19(15,2)21(14,24)17(27)9-20(13,3)22(11,29)18(28)10-25;1-11-6-14-13-8-16(23)15-7-12(25)4-5-20(15,2)19(13)17(26)9-21(14,3)22(11,28)18(27)10-24/h4-5,7,11,13-14,16-17,25,27,29H,6,8-10H2,1-3H3;4-5,7,11,13-14,16-17,19,24,26,28H,6,8-10H2,1-3H3/t11-,13-,14-,16-,17-,19-,20-,21-,22-;11-,13+,14+,16+,17+,19-,20+,21+,22+/m01/s1. The normalized spacial score (nSPS) is 53.1. The lowest BCUT2D eigenvalue weighted by Gasteiger charge is -2.63. The van der Waals surface area contributed by atoms with Crippen molar-refractivity contribution < 1.29 is 63.0 Å². The summed E-state index contributed by atoms with van der Waals surface area (Å²) in [5.74, 6) is -5.16. The number of Topliss-reactive ketones (excluding diaryl/α,β-unsaturated/α-hetero) is 2. The van der Waals surface area contributed by atoms with E-state index in [4.69, 9.17) is 0 Å². The van der Waals surface area contributed by atoms with Crippen LogP contribution >= 0.6 is 0 Å². The van der Waals surface area contributed by atoms with E-state index in [1.807, 2.05) is 6.92 Å². The molecule has 314 valence electrons. The van der Waals surface area contributed by atoms with Crippen LogP contribution in [0, 0.1) is 63.1 Å². The highest BCUT2D eigenvalue weighted by molar-refractivity contribution is 6.02. The van der Waals surface area contributed by atoms with Crippen molar-refractivity contribution in [1.29, 1.82) is 0 Å². The van der Waals surface area contributed by atoms with Gasteiger partial charge in [0.2, 0.25) is 0 Å². The predicted octanol–water partition coefficient (Wildman–Crippen LogP) is 3.60. The van der Waals surface area contributed by atoms with Crippen molar-refractivity contribution in [3.63, 3.8) is 0 Å². The van der Waals surface area contributed by atoms with Crippen LogP contribution < -0.4 is 0 Å². The van der Waals surface area contributed by atoms with Crippen molar-refractivity contribution >= 4 is 23.1 Å². The van der Waals surface area contributed by atoms with Gasteiger partial charge in [0.1, 0.15) is 36.8 Å². The zero-order valence-electron chi connectivity index (χ0n) is 33.4. The number of allylic oxidation sites excluding steroid dienone is 8. The van der Waals surface area contributed by atoms with E-state index in [2.05, 4.69) is 0 Å². The molecule has 18 atom stereocenters. The number of carbonyl (C=O) groups is 4. The van der Waals surface area contributed by atoms with Crippen molar-refractivity contribution in [2.75, 3.05) is 13.2 Å². The van der Waals surface area contributed by atoms with E-state index in [0.29, 0.717) is 12.0 Å². The van der Waals surface area contributed by atoms with E-state index >= 15 is 13.2 Å². The molecule has 0 amide bonds. The number of rotatable bonds is 4. The van der Waals surface area contributed by atoms with Gasteiger partial charge in [-0.1, -0.05) is 46.8 Å². The molecule has 6 fully saturated rings. The first-order valence-corrected chi connectivity index (χ1v) is 20.3. The number of aliphatic hydroxyl groups is 6. The third kappa shape index (κ3) is 5.17. The molecule has 13 heteroatoms. The van der Waals surface area contributed by atoms with Crippen LogP contribution in [0.4, 0.5) is 13.2 Å². The molecule has 6 saturated carbocycles. The number of aliphatic hydroxyl groups excluding tert-OH is 4. The maximum atomic E-state index is 16.9. The molecule has 0 radical (unpaired) electrons. The number of carbonyl (C=O) groups excluding carboxylic acids is 4. The molecule has 0 bridgehead atoms. The molecule has 0 unspecified atom stereocenters. The zero-order chi connectivity index (χ0) is 42.2. The minimum Gasteiger partial charge on any atom is -0.393 e. The van der Waals surface area contributed by atoms with Crippen LogP contribution in [0.5, 0.6) is 0 Å². The van der Waals surface area contributed by atoms with Crippen LogP contribution in [0.15, 0.2) is 47.6 Å². The van der Waals surface area contributed by atoms with Gasteiger partial charge in [0.15, 0.2) is 28.8 Å². The predicted molar refractivity (Wildman–Crippen MR) is 200 cm³/mol. The van der Waals surface area contributed by atoms with Gasteiger partial charge in [-0.25, -0.2) is 13.2 Å². The van der Waals surface area contributed by atoms with Gasteiger partial charge in [-0.3, -0.25) is 19.2 Å². The first-order chi connectivity index (χ1) is 26.4. The van der Waals surface area contributed by atoms with E-state index in [-0.39, 0.29) is 67.1 Å².